The SMILES string of the molecule is C#CCC/C=C(\CCC)C(=C)O[Si](C(C)C)(C(C)C)C(C)C. The lowest BCUT2D eigenvalue weighted by molar-refractivity contribution is 0.378. The molecule has 0 aromatic heterocycles. The highest BCUT2D eigenvalue weighted by Crippen LogP contribution is 2.44. The average Bonchev–Trinajstić information content (AvgIpc) is 2.42. The Balaban J connectivity index is 5.38. The molecule has 0 spiro atoms. The van der Waals surface area contributed by atoms with E-state index in [2.05, 4.69) is 67.0 Å². The molecule has 0 aliphatic carbocycles. The van der Waals surface area contributed by atoms with Gasteiger partial charge in [-0.25, -0.2) is 0 Å². The summed E-state index contributed by atoms with van der Waals surface area (Å²) in [6, 6.07) is 0. The lowest BCUT2D eigenvalue weighted by Crippen LogP contribution is -2.47. The Kier molecular flexibility index (Phi) is 9.52. The first-order chi connectivity index (χ1) is 10.2. The zero-order valence-corrected chi connectivity index (χ0v) is 16.8. The van der Waals surface area contributed by atoms with Crippen LogP contribution in [0.5, 0.6) is 0 Å². The number of hydrogen-bond donors (Lipinski definition) is 0. The van der Waals surface area contributed by atoms with Crippen molar-refractivity contribution in [1.82, 2.24) is 0 Å². The predicted octanol–water partition coefficient (Wildman–Crippen LogP) is 6.83. The van der Waals surface area contributed by atoms with Crippen molar-refractivity contribution in [3.8, 4) is 12.3 Å². The van der Waals surface area contributed by atoms with Gasteiger partial charge >= 0.3 is 0 Å². The number of unbranched alkanes of at least 4 members (excludes halogenated alkanes) is 1. The largest absolute Gasteiger partial charge is 0.543 e. The van der Waals surface area contributed by atoms with Crippen molar-refractivity contribution in [2.45, 2.75) is 90.8 Å². The molecule has 1 nitrogen and oxygen atoms in total. The van der Waals surface area contributed by atoms with Gasteiger partial charge in [0, 0.05) is 6.42 Å². The van der Waals surface area contributed by atoms with Gasteiger partial charge in [-0.3, -0.25) is 0 Å². The maximum atomic E-state index is 6.69. The van der Waals surface area contributed by atoms with E-state index in [0.29, 0.717) is 16.6 Å². The van der Waals surface area contributed by atoms with Crippen LogP contribution in [0.3, 0.4) is 0 Å². The van der Waals surface area contributed by atoms with Crippen molar-refractivity contribution in [3.63, 3.8) is 0 Å². The first-order valence-electron chi connectivity index (χ1n) is 8.74. The van der Waals surface area contributed by atoms with Gasteiger partial charge in [0.25, 0.3) is 8.32 Å². The summed E-state index contributed by atoms with van der Waals surface area (Å²) < 4.78 is 6.69. The molecule has 0 rings (SSSR count). The molecular weight excluding hydrogens is 284 g/mol. The topological polar surface area (TPSA) is 9.23 Å². The molecule has 0 atom stereocenters. The first kappa shape index (κ1) is 21.1. The number of allylic oxidation sites excluding steroid dienone is 2. The molecule has 2 heteroatoms. The molecule has 0 bridgehead atoms. The number of rotatable bonds is 10. The second-order valence-electron chi connectivity index (χ2n) is 7.07. The van der Waals surface area contributed by atoms with Crippen LogP contribution in [0, 0.1) is 12.3 Å². The van der Waals surface area contributed by atoms with Crippen molar-refractivity contribution in [2.75, 3.05) is 0 Å². The molecule has 0 heterocycles. The van der Waals surface area contributed by atoms with Crippen LogP contribution in [0.25, 0.3) is 0 Å². The van der Waals surface area contributed by atoms with Gasteiger partial charge in [0.15, 0.2) is 0 Å². The fourth-order valence-corrected chi connectivity index (χ4v) is 8.85. The molecule has 0 aromatic carbocycles. The van der Waals surface area contributed by atoms with E-state index in [4.69, 9.17) is 10.8 Å². The molecule has 0 N–H and O–H groups in total. The molecule has 0 unspecified atom stereocenters. The summed E-state index contributed by atoms with van der Waals surface area (Å²) >= 11 is 0. The number of hydrogen-bond acceptors (Lipinski definition) is 1. The van der Waals surface area contributed by atoms with E-state index in [1.807, 2.05) is 0 Å². The van der Waals surface area contributed by atoms with Gasteiger partial charge in [0.2, 0.25) is 0 Å². The van der Waals surface area contributed by atoms with Crippen LogP contribution < -0.4 is 0 Å². The second-order valence-corrected chi connectivity index (χ2v) is 12.4. The zero-order chi connectivity index (χ0) is 17.3. The van der Waals surface area contributed by atoms with E-state index >= 15 is 0 Å². The standard InChI is InChI=1S/C20H36OSi/c1-10-12-13-15-20(14-11-2)19(9)21-22(16(3)4,17(5)6)18(7)8/h1,15-18H,9,11-14H2,2-8H3/b20-15+. The molecule has 22 heavy (non-hydrogen) atoms. The van der Waals surface area contributed by atoms with Crippen LogP contribution in [-0.4, -0.2) is 8.32 Å². The molecule has 0 saturated heterocycles. The average molecular weight is 321 g/mol. The van der Waals surface area contributed by atoms with E-state index in [1.165, 1.54) is 5.57 Å². The van der Waals surface area contributed by atoms with Crippen LogP contribution in [-0.2, 0) is 4.43 Å². The Morgan fingerprint density at radius 1 is 1.14 bits per heavy atom. The van der Waals surface area contributed by atoms with Crippen LogP contribution >= 0.6 is 0 Å². The molecule has 126 valence electrons. The van der Waals surface area contributed by atoms with Gasteiger partial charge in [-0.1, -0.05) is 67.5 Å². The van der Waals surface area contributed by atoms with E-state index in [0.717, 1.165) is 31.4 Å². The van der Waals surface area contributed by atoms with Gasteiger partial charge in [-0.2, -0.15) is 0 Å². The van der Waals surface area contributed by atoms with Gasteiger partial charge in [-0.05, 0) is 35.0 Å². The Labute approximate surface area is 140 Å². The van der Waals surface area contributed by atoms with Gasteiger partial charge in [0.1, 0.15) is 0 Å². The maximum absolute atomic E-state index is 6.69. The van der Waals surface area contributed by atoms with Crippen molar-refractivity contribution in [2.24, 2.45) is 0 Å². The van der Waals surface area contributed by atoms with E-state index in [9.17, 15) is 0 Å². The van der Waals surface area contributed by atoms with Crippen molar-refractivity contribution >= 4 is 8.32 Å². The molecule has 0 aromatic rings. The Bertz CT molecular complexity index is 388. The van der Waals surface area contributed by atoms with Crippen LogP contribution in [0.15, 0.2) is 24.0 Å². The smallest absolute Gasteiger partial charge is 0.258 e. The Morgan fingerprint density at radius 2 is 1.64 bits per heavy atom. The minimum Gasteiger partial charge on any atom is -0.543 e. The summed E-state index contributed by atoms with van der Waals surface area (Å²) in [5, 5.41) is 0. The summed E-state index contributed by atoms with van der Waals surface area (Å²) in [5.41, 5.74) is 2.95. The van der Waals surface area contributed by atoms with Crippen LogP contribution in [0.2, 0.25) is 16.6 Å². The zero-order valence-electron chi connectivity index (χ0n) is 15.8. The van der Waals surface area contributed by atoms with Crippen molar-refractivity contribution in [1.29, 1.82) is 0 Å². The number of terminal acetylenes is 1. The highest BCUT2D eigenvalue weighted by atomic mass is 28.4. The molecule has 0 saturated carbocycles. The lowest BCUT2D eigenvalue weighted by atomic mass is 10.1. The summed E-state index contributed by atoms with van der Waals surface area (Å²) in [4.78, 5) is 0. The third kappa shape index (κ3) is 5.36. The minimum atomic E-state index is -1.91. The van der Waals surface area contributed by atoms with Crippen LogP contribution in [0.4, 0.5) is 0 Å². The van der Waals surface area contributed by atoms with E-state index in [1.54, 1.807) is 0 Å². The third-order valence-corrected chi connectivity index (χ3v) is 10.6. The van der Waals surface area contributed by atoms with Crippen molar-refractivity contribution in [3.05, 3.63) is 24.0 Å². The fourth-order valence-electron chi connectivity index (χ4n) is 3.59. The Hall–Kier alpha value is -0.943. The highest BCUT2D eigenvalue weighted by molar-refractivity contribution is 6.77. The van der Waals surface area contributed by atoms with Crippen LogP contribution in [0.1, 0.15) is 74.1 Å². The third-order valence-electron chi connectivity index (χ3n) is 4.56. The van der Waals surface area contributed by atoms with Gasteiger partial charge in [0.05, 0.1) is 5.76 Å². The Morgan fingerprint density at radius 3 is 2.00 bits per heavy atom. The summed E-state index contributed by atoms with van der Waals surface area (Å²) in [6.45, 7) is 20.3. The monoisotopic (exact) mass is 320 g/mol. The molecule has 0 fully saturated rings. The van der Waals surface area contributed by atoms with Gasteiger partial charge in [-0.15, -0.1) is 12.3 Å². The molecular formula is C20H36OSi. The minimum absolute atomic E-state index is 0.567. The molecule has 0 aliphatic rings. The highest BCUT2D eigenvalue weighted by Gasteiger charge is 2.47. The van der Waals surface area contributed by atoms with Crippen molar-refractivity contribution < 1.29 is 4.43 Å². The molecule has 0 amide bonds. The maximum Gasteiger partial charge on any atom is 0.258 e. The summed E-state index contributed by atoms with van der Waals surface area (Å²) in [7, 11) is -1.91. The first-order valence-corrected chi connectivity index (χ1v) is 10.9. The van der Waals surface area contributed by atoms with E-state index < -0.39 is 8.32 Å². The normalized spacial score (nSPS) is 12.9. The quantitative estimate of drug-likeness (QED) is 0.141. The molecule has 0 radical (unpaired) electrons. The fraction of sp³-hybridized carbons (Fsp3) is 0.700. The lowest BCUT2D eigenvalue weighted by Gasteiger charge is -2.43. The van der Waals surface area contributed by atoms with E-state index in [-0.39, 0.29) is 0 Å². The molecule has 0 aliphatic heterocycles. The summed E-state index contributed by atoms with van der Waals surface area (Å²) in [5.74, 6) is 3.59. The predicted molar refractivity (Wildman–Crippen MR) is 102 cm³/mol. The second kappa shape index (κ2) is 9.95. The van der Waals surface area contributed by atoms with Gasteiger partial charge < -0.3 is 4.43 Å². The summed E-state index contributed by atoms with van der Waals surface area (Å²) in [6.07, 6.45) is 11.4.